The Kier molecular flexibility index (Phi) is 6.91. The normalized spacial score (nSPS) is 10.8. The van der Waals surface area contributed by atoms with E-state index in [4.69, 9.17) is 18.6 Å². The van der Waals surface area contributed by atoms with Gasteiger partial charge in [-0.05, 0) is 30.7 Å². The van der Waals surface area contributed by atoms with E-state index < -0.39 is 5.76 Å². The third-order valence-corrected chi connectivity index (χ3v) is 4.35. The van der Waals surface area contributed by atoms with Crippen LogP contribution in [-0.2, 0) is 16.1 Å². The van der Waals surface area contributed by atoms with E-state index in [1.54, 1.807) is 38.5 Å². The highest BCUT2D eigenvalue weighted by Gasteiger charge is 2.11. The number of nitrogens with one attached hydrogen (secondary N) is 1. The number of aromatic nitrogens is 1. The Balaban J connectivity index is 1.57. The van der Waals surface area contributed by atoms with Crippen molar-refractivity contribution in [3.05, 3.63) is 53.0 Å². The van der Waals surface area contributed by atoms with Crippen molar-refractivity contribution in [3.63, 3.8) is 0 Å². The van der Waals surface area contributed by atoms with Crippen molar-refractivity contribution in [1.29, 1.82) is 0 Å². The molecular formula is C21H24N2O6. The van der Waals surface area contributed by atoms with E-state index >= 15 is 0 Å². The maximum atomic E-state index is 12.3. The van der Waals surface area contributed by atoms with E-state index in [-0.39, 0.29) is 12.3 Å². The van der Waals surface area contributed by atoms with E-state index in [9.17, 15) is 9.59 Å². The van der Waals surface area contributed by atoms with Gasteiger partial charge in [0.1, 0.15) is 6.61 Å². The zero-order valence-electron chi connectivity index (χ0n) is 16.5. The van der Waals surface area contributed by atoms with Crippen LogP contribution in [0.2, 0.25) is 0 Å². The highest BCUT2D eigenvalue weighted by molar-refractivity contribution is 5.91. The fourth-order valence-corrected chi connectivity index (χ4v) is 2.95. The molecule has 0 aliphatic carbocycles. The first-order valence-electron chi connectivity index (χ1n) is 9.30. The standard InChI is InChI=1S/C21H24N2O6/c1-26-12-13-28-19-14-15(9-10-18(19)27-2)22-20(24)8-5-11-23-16-6-3-4-7-17(16)29-21(23)25/h3-4,6-7,9-10,14H,5,8,11-13H2,1-2H3,(H,22,24). The predicted octanol–water partition coefficient (Wildman–Crippen LogP) is 3.05. The van der Waals surface area contributed by atoms with Crippen LogP contribution >= 0.6 is 0 Å². The molecule has 0 unspecified atom stereocenters. The van der Waals surface area contributed by atoms with Crippen LogP contribution in [0.1, 0.15) is 12.8 Å². The van der Waals surface area contributed by atoms with E-state index in [1.807, 2.05) is 18.2 Å². The first-order valence-corrected chi connectivity index (χ1v) is 9.30. The lowest BCUT2D eigenvalue weighted by atomic mass is 10.2. The lowest BCUT2D eigenvalue weighted by Crippen LogP contribution is -2.17. The fourth-order valence-electron chi connectivity index (χ4n) is 2.95. The molecular weight excluding hydrogens is 376 g/mol. The predicted molar refractivity (Wildman–Crippen MR) is 109 cm³/mol. The van der Waals surface area contributed by atoms with Gasteiger partial charge >= 0.3 is 5.76 Å². The summed E-state index contributed by atoms with van der Waals surface area (Å²) in [5.74, 6) is 0.530. The van der Waals surface area contributed by atoms with Crippen LogP contribution in [0.3, 0.4) is 0 Å². The van der Waals surface area contributed by atoms with Gasteiger partial charge in [-0.15, -0.1) is 0 Å². The minimum absolute atomic E-state index is 0.154. The monoisotopic (exact) mass is 400 g/mol. The number of hydrogen-bond acceptors (Lipinski definition) is 6. The van der Waals surface area contributed by atoms with Crippen molar-refractivity contribution in [3.8, 4) is 11.5 Å². The smallest absolute Gasteiger partial charge is 0.419 e. The average molecular weight is 400 g/mol. The van der Waals surface area contributed by atoms with Crippen LogP contribution in [-0.4, -0.2) is 37.9 Å². The molecule has 2 aromatic carbocycles. The number of carbonyl (C=O) groups is 1. The number of methoxy groups -OCH3 is 2. The van der Waals surface area contributed by atoms with Crippen molar-refractivity contribution in [2.45, 2.75) is 19.4 Å². The first kappa shape index (κ1) is 20.5. The van der Waals surface area contributed by atoms with E-state index in [2.05, 4.69) is 5.32 Å². The Morgan fingerprint density at radius 3 is 2.72 bits per heavy atom. The topological polar surface area (TPSA) is 91.9 Å². The molecule has 3 aromatic rings. The van der Waals surface area contributed by atoms with Gasteiger partial charge in [0.2, 0.25) is 5.91 Å². The summed E-state index contributed by atoms with van der Waals surface area (Å²) in [6.45, 7) is 1.22. The number of fused-ring (bicyclic) bond motifs is 1. The number of oxazole rings is 1. The molecule has 154 valence electrons. The summed E-state index contributed by atoms with van der Waals surface area (Å²) in [7, 11) is 3.15. The zero-order valence-corrected chi connectivity index (χ0v) is 16.5. The number of rotatable bonds is 10. The number of benzene rings is 2. The Morgan fingerprint density at radius 1 is 1.10 bits per heavy atom. The molecule has 0 radical (unpaired) electrons. The molecule has 0 aliphatic heterocycles. The number of anilines is 1. The summed E-state index contributed by atoms with van der Waals surface area (Å²) in [6, 6.07) is 12.4. The highest BCUT2D eigenvalue weighted by Crippen LogP contribution is 2.30. The number of amides is 1. The SMILES string of the molecule is COCCOc1cc(NC(=O)CCCn2c(=O)oc3ccccc32)ccc1OC. The molecule has 3 rings (SSSR count). The van der Waals surface area contributed by atoms with Gasteiger partial charge < -0.3 is 23.9 Å². The Labute approximate surface area is 168 Å². The maximum absolute atomic E-state index is 12.3. The van der Waals surface area contributed by atoms with Crippen molar-refractivity contribution >= 4 is 22.7 Å². The van der Waals surface area contributed by atoms with Crippen molar-refractivity contribution < 1.29 is 23.4 Å². The summed E-state index contributed by atoms with van der Waals surface area (Å²) < 4.78 is 22.6. The summed E-state index contributed by atoms with van der Waals surface area (Å²) >= 11 is 0. The van der Waals surface area contributed by atoms with Crippen molar-refractivity contribution in [1.82, 2.24) is 4.57 Å². The summed E-state index contributed by atoms with van der Waals surface area (Å²) in [4.78, 5) is 24.3. The van der Waals surface area contributed by atoms with Gasteiger partial charge in [-0.3, -0.25) is 9.36 Å². The molecule has 0 aliphatic rings. The fraction of sp³-hybridized carbons (Fsp3) is 0.333. The van der Waals surface area contributed by atoms with E-state index in [0.717, 1.165) is 5.52 Å². The van der Waals surface area contributed by atoms with Gasteiger partial charge in [0.05, 0.1) is 19.2 Å². The van der Waals surface area contributed by atoms with Crippen LogP contribution in [0.25, 0.3) is 11.1 Å². The highest BCUT2D eigenvalue weighted by atomic mass is 16.5. The second-order valence-electron chi connectivity index (χ2n) is 6.35. The summed E-state index contributed by atoms with van der Waals surface area (Å²) in [6.07, 6.45) is 0.764. The number of ether oxygens (including phenoxy) is 3. The minimum Gasteiger partial charge on any atom is -0.493 e. The number of aryl methyl sites for hydroxylation is 1. The number of para-hydroxylation sites is 2. The molecule has 8 heteroatoms. The third-order valence-electron chi connectivity index (χ3n) is 4.35. The molecule has 0 saturated heterocycles. The second kappa shape index (κ2) is 9.79. The molecule has 0 spiro atoms. The Morgan fingerprint density at radius 2 is 1.93 bits per heavy atom. The molecule has 0 bridgehead atoms. The molecule has 1 heterocycles. The second-order valence-corrected chi connectivity index (χ2v) is 6.35. The molecule has 0 saturated carbocycles. The van der Waals surface area contributed by atoms with Crippen LogP contribution in [0.5, 0.6) is 11.5 Å². The van der Waals surface area contributed by atoms with Gasteiger partial charge in [0, 0.05) is 31.8 Å². The maximum Gasteiger partial charge on any atom is 0.419 e. The summed E-state index contributed by atoms with van der Waals surface area (Å²) in [5.41, 5.74) is 1.88. The minimum atomic E-state index is -0.417. The molecule has 29 heavy (non-hydrogen) atoms. The lowest BCUT2D eigenvalue weighted by Gasteiger charge is -2.13. The largest absolute Gasteiger partial charge is 0.493 e. The molecule has 1 aromatic heterocycles. The van der Waals surface area contributed by atoms with Gasteiger partial charge in [-0.2, -0.15) is 0 Å². The van der Waals surface area contributed by atoms with E-state index in [1.165, 1.54) is 4.57 Å². The number of hydrogen-bond donors (Lipinski definition) is 1. The van der Waals surface area contributed by atoms with Crippen molar-refractivity contribution in [2.75, 3.05) is 32.8 Å². The molecule has 8 nitrogen and oxygen atoms in total. The average Bonchev–Trinajstić information content (AvgIpc) is 3.04. The van der Waals surface area contributed by atoms with Gasteiger partial charge in [-0.1, -0.05) is 12.1 Å². The Bertz CT molecular complexity index is 1020. The molecule has 1 amide bonds. The first-order chi connectivity index (χ1) is 14.1. The van der Waals surface area contributed by atoms with Crippen LogP contribution in [0, 0.1) is 0 Å². The number of nitrogens with zero attached hydrogens (tertiary/aromatic N) is 1. The van der Waals surface area contributed by atoms with Gasteiger partial charge in [0.25, 0.3) is 0 Å². The summed E-state index contributed by atoms with van der Waals surface area (Å²) in [5, 5.41) is 2.84. The molecule has 1 N–H and O–H groups in total. The van der Waals surface area contributed by atoms with Gasteiger partial charge in [-0.25, -0.2) is 4.79 Å². The molecule has 0 atom stereocenters. The Hall–Kier alpha value is -3.26. The van der Waals surface area contributed by atoms with Crippen LogP contribution in [0.15, 0.2) is 51.7 Å². The van der Waals surface area contributed by atoms with E-state index in [0.29, 0.717) is 48.9 Å². The lowest BCUT2D eigenvalue weighted by molar-refractivity contribution is -0.116. The van der Waals surface area contributed by atoms with Gasteiger partial charge in [0.15, 0.2) is 17.1 Å². The molecule has 0 fully saturated rings. The van der Waals surface area contributed by atoms with Crippen molar-refractivity contribution in [2.24, 2.45) is 0 Å². The van der Waals surface area contributed by atoms with Crippen LogP contribution in [0.4, 0.5) is 5.69 Å². The third kappa shape index (κ3) is 5.17. The van der Waals surface area contributed by atoms with Crippen LogP contribution < -0.4 is 20.5 Å². The number of carbonyl (C=O) groups excluding carboxylic acids is 1. The zero-order chi connectivity index (χ0) is 20.6. The quantitative estimate of drug-likeness (QED) is 0.526.